The number of para-hydroxylation sites is 1. The number of benzene rings is 1. The number of hydrogen-bond acceptors (Lipinski definition) is 3. The molecule has 0 atom stereocenters. The highest BCUT2D eigenvalue weighted by molar-refractivity contribution is 5.85. The van der Waals surface area contributed by atoms with Crippen molar-refractivity contribution in [2.75, 3.05) is 7.11 Å². The zero-order valence-corrected chi connectivity index (χ0v) is 11.6. The topological polar surface area (TPSA) is 43.3 Å². The van der Waals surface area contributed by atoms with Crippen LogP contribution in [0.15, 0.2) is 30.5 Å². The predicted octanol–water partition coefficient (Wildman–Crippen LogP) is 2.31. The number of rotatable bonds is 5. The van der Waals surface area contributed by atoms with Gasteiger partial charge in [0.25, 0.3) is 0 Å². The fraction of sp³-hybridized carbons (Fsp3) is 0.400. The summed E-state index contributed by atoms with van der Waals surface area (Å²) in [6, 6.07) is 8.54. The highest BCUT2D eigenvalue weighted by atomic mass is 16.5. The maximum absolute atomic E-state index is 11.4. The number of esters is 1. The molecule has 19 heavy (non-hydrogen) atoms. The molecule has 0 radical (unpaired) electrons. The molecule has 0 bridgehead atoms. The summed E-state index contributed by atoms with van der Waals surface area (Å²) in [7, 11) is 1.41. The molecule has 0 aliphatic heterocycles. The molecule has 2 rings (SSSR count). The van der Waals surface area contributed by atoms with Crippen molar-refractivity contribution in [3.05, 3.63) is 36.0 Å². The van der Waals surface area contributed by atoms with Crippen LogP contribution in [0.25, 0.3) is 10.9 Å². The normalized spacial score (nSPS) is 11.2. The molecule has 1 aromatic carbocycles. The minimum atomic E-state index is -0.232. The van der Waals surface area contributed by atoms with E-state index in [1.54, 1.807) is 0 Å². The SMILES string of the molecule is COC(=O)Cn1cc(CNC(C)C)c2ccccc21. The Kier molecular flexibility index (Phi) is 4.22. The van der Waals surface area contributed by atoms with Crippen LogP contribution >= 0.6 is 0 Å². The highest BCUT2D eigenvalue weighted by Gasteiger charge is 2.10. The molecule has 4 nitrogen and oxygen atoms in total. The second kappa shape index (κ2) is 5.89. The second-order valence-electron chi connectivity index (χ2n) is 4.91. The summed E-state index contributed by atoms with van der Waals surface area (Å²) in [6.07, 6.45) is 2.02. The molecule has 102 valence electrons. The van der Waals surface area contributed by atoms with Gasteiger partial charge in [-0.25, -0.2) is 0 Å². The number of nitrogens with one attached hydrogen (secondary N) is 1. The number of ether oxygens (including phenoxy) is 1. The van der Waals surface area contributed by atoms with Gasteiger partial charge in [0.05, 0.1) is 7.11 Å². The quantitative estimate of drug-likeness (QED) is 0.839. The van der Waals surface area contributed by atoms with Gasteiger partial charge < -0.3 is 14.6 Å². The number of carbonyl (C=O) groups is 1. The maximum atomic E-state index is 11.4. The lowest BCUT2D eigenvalue weighted by Crippen LogP contribution is -2.21. The molecule has 0 spiro atoms. The van der Waals surface area contributed by atoms with Crippen LogP contribution in [-0.4, -0.2) is 23.7 Å². The number of hydrogen-bond donors (Lipinski definition) is 1. The molecule has 0 aliphatic carbocycles. The Labute approximate surface area is 113 Å². The highest BCUT2D eigenvalue weighted by Crippen LogP contribution is 2.21. The molecule has 0 saturated heterocycles. The lowest BCUT2D eigenvalue weighted by atomic mass is 10.2. The molecule has 0 unspecified atom stereocenters. The number of aromatic nitrogens is 1. The number of methoxy groups -OCH3 is 1. The average Bonchev–Trinajstić information content (AvgIpc) is 2.75. The first-order chi connectivity index (χ1) is 9.11. The van der Waals surface area contributed by atoms with E-state index >= 15 is 0 Å². The van der Waals surface area contributed by atoms with Gasteiger partial charge in [0.15, 0.2) is 0 Å². The Hall–Kier alpha value is -1.81. The first kappa shape index (κ1) is 13.6. The lowest BCUT2D eigenvalue weighted by molar-refractivity contribution is -0.141. The van der Waals surface area contributed by atoms with Gasteiger partial charge in [0.2, 0.25) is 0 Å². The van der Waals surface area contributed by atoms with Crippen molar-refractivity contribution in [2.45, 2.75) is 33.0 Å². The standard InChI is InChI=1S/C15H20N2O2/c1-11(2)16-8-12-9-17(10-15(18)19-3)14-7-5-4-6-13(12)14/h4-7,9,11,16H,8,10H2,1-3H3. The first-order valence-corrected chi connectivity index (χ1v) is 6.48. The van der Waals surface area contributed by atoms with Crippen molar-refractivity contribution in [1.82, 2.24) is 9.88 Å². The molecule has 1 N–H and O–H groups in total. The van der Waals surface area contributed by atoms with E-state index in [-0.39, 0.29) is 12.5 Å². The number of carbonyl (C=O) groups excluding carboxylic acids is 1. The summed E-state index contributed by atoms with van der Waals surface area (Å²) in [5.74, 6) is -0.232. The maximum Gasteiger partial charge on any atom is 0.325 e. The van der Waals surface area contributed by atoms with Crippen molar-refractivity contribution in [1.29, 1.82) is 0 Å². The van der Waals surface area contributed by atoms with Crippen LogP contribution in [0.2, 0.25) is 0 Å². The molecular formula is C15H20N2O2. The average molecular weight is 260 g/mol. The third-order valence-electron chi connectivity index (χ3n) is 3.10. The van der Waals surface area contributed by atoms with Crippen LogP contribution in [-0.2, 0) is 22.6 Å². The van der Waals surface area contributed by atoms with Gasteiger partial charge in [-0.1, -0.05) is 32.0 Å². The fourth-order valence-electron chi connectivity index (χ4n) is 2.11. The second-order valence-corrected chi connectivity index (χ2v) is 4.91. The van der Waals surface area contributed by atoms with Crippen molar-refractivity contribution in [3.8, 4) is 0 Å². The summed E-state index contributed by atoms with van der Waals surface area (Å²) in [6.45, 7) is 5.28. The van der Waals surface area contributed by atoms with E-state index in [2.05, 4.69) is 25.2 Å². The van der Waals surface area contributed by atoms with E-state index < -0.39 is 0 Å². The zero-order chi connectivity index (χ0) is 13.8. The minimum absolute atomic E-state index is 0.232. The molecule has 1 aromatic heterocycles. The molecule has 1 heterocycles. The van der Waals surface area contributed by atoms with Gasteiger partial charge in [-0.05, 0) is 11.6 Å². The predicted molar refractivity (Wildman–Crippen MR) is 75.9 cm³/mol. The minimum Gasteiger partial charge on any atom is -0.468 e. The van der Waals surface area contributed by atoms with Crippen molar-refractivity contribution in [2.24, 2.45) is 0 Å². The summed E-state index contributed by atoms with van der Waals surface area (Å²) < 4.78 is 6.68. The Bertz CT molecular complexity index is 573. The van der Waals surface area contributed by atoms with E-state index in [4.69, 9.17) is 4.74 Å². The van der Waals surface area contributed by atoms with E-state index in [0.29, 0.717) is 6.04 Å². The third-order valence-corrected chi connectivity index (χ3v) is 3.10. The summed E-state index contributed by atoms with van der Waals surface area (Å²) >= 11 is 0. The Balaban J connectivity index is 2.33. The van der Waals surface area contributed by atoms with Gasteiger partial charge in [0, 0.05) is 29.7 Å². The van der Waals surface area contributed by atoms with E-state index in [9.17, 15) is 4.79 Å². The Morgan fingerprint density at radius 1 is 1.37 bits per heavy atom. The lowest BCUT2D eigenvalue weighted by Gasteiger charge is -2.06. The monoisotopic (exact) mass is 260 g/mol. The van der Waals surface area contributed by atoms with Crippen LogP contribution in [0, 0.1) is 0 Å². The summed E-state index contributed by atoms with van der Waals surface area (Å²) in [5, 5.41) is 4.59. The zero-order valence-electron chi connectivity index (χ0n) is 11.6. The smallest absolute Gasteiger partial charge is 0.325 e. The van der Waals surface area contributed by atoms with Crippen LogP contribution in [0.3, 0.4) is 0 Å². The first-order valence-electron chi connectivity index (χ1n) is 6.48. The van der Waals surface area contributed by atoms with Crippen LogP contribution in [0.4, 0.5) is 0 Å². The largest absolute Gasteiger partial charge is 0.468 e. The van der Waals surface area contributed by atoms with Gasteiger partial charge in [0.1, 0.15) is 6.54 Å². The Morgan fingerprint density at radius 3 is 2.79 bits per heavy atom. The van der Waals surface area contributed by atoms with E-state index in [0.717, 1.165) is 12.1 Å². The summed E-state index contributed by atoms with van der Waals surface area (Å²) in [4.78, 5) is 11.4. The van der Waals surface area contributed by atoms with Gasteiger partial charge in [-0.2, -0.15) is 0 Å². The van der Waals surface area contributed by atoms with Gasteiger partial charge in [-0.3, -0.25) is 4.79 Å². The van der Waals surface area contributed by atoms with Gasteiger partial charge >= 0.3 is 5.97 Å². The fourth-order valence-corrected chi connectivity index (χ4v) is 2.11. The van der Waals surface area contributed by atoms with Crippen LogP contribution in [0.5, 0.6) is 0 Å². The Morgan fingerprint density at radius 2 is 2.11 bits per heavy atom. The molecule has 4 heteroatoms. The third kappa shape index (κ3) is 3.15. The number of fused-ring (bicyclic) bond motifs is 1. The summed E-state index contributed by atoms with van der Waals surface area (Å²) in [5.41, 5.74) is 2.27. The molecule has 0 fully saturated rings. The van der Waals surface area contributed by atoms with Crippen molar-refractivity contribution >= 4 is 16.9 Å². The van der Waals surface area contributed by atoms with Crippen molar-refractivity contribution < 1.29 is 9.53 Å². The number of nitrogens with zero attached hydrogens (tertiary/aromatic N) is 1. The molecule has 0 saturated carbocycles. The van der Waals surface area contributed by atoms with Crippen molar-refractivity contribution in [3.63, 3.8) is 0 Å². The van der Waals surface area contributed by atoms with Gasteiger partial charge in [-0.15, -0.1) is 0 Å². The van der Waals surface area contributed by atoms with E-state index in [1.807, 2.05) is 29.0 Å². The van der Waals surface area contributed by atoms with E-state index in [1.165, 1.54) is 18.1 Å². The van der Waals surface area contributed by atoms with Crippen LogP contribution < -0.4 is 5.32 Å². The van der Waals surface area contributed by atoms with Crippen LogP contribution in [0.1, 0.15) is 19.4 Å². The molecular weight excluding hydrogens is 240 g/mol. The molecule has 2 aromatic rings. The molecule has 0 amide bonds. The molecule has 0 aliphatic rings.